The molecule has 0 atom stereocenters. The molecule has 0 unspecified atom stereocenters. The molecule has 0 amide bonds. The van der Waals surface area contributed by atoms with E-state index in [4.69, 9.17) is 21.1 Å². The van der Waals surface area contributed by atoms with Gasteiger partial charge in [-0.1, -0.05) is 30.4 Å². The average molecular weight is 278 g/mol. The largest absolute Gasteiger partial charge is 0.467 e. The normalized spacial score (nSPS) is 10.7. The summed E-state index contributed by atoms with van der Waals surface area (Å²) in [5.74, 6) is 0.630. The third-order valence-corrected chi connectivity index (χ3v) is 2.39. The molecule has 0 saturated carbocycles. The third kappa shape index (κ3) is 3.42. The molecule has 19 heavy (non-hydrogen) atoms. The van der Waals surface area contributed by atoms with Crippen LogP contribution in [-0.2, 0) is 0 Å². The van der Waals surface area contributed by atoms with E-state index in [1.54, 1.807) is 0 Å². The monoisotopic (exact) mass is 277 g/mol. The van der Waals surface area contributed by atoms with Gasteiger partial charge in [0.15, 0.2) is 0 Å². The molecular weight excluding hydrogens is 266 g/mol. The van der Waals surface area contributed by atoms with Crippen LogP contribution in [0.15, 0.2) is 30.3 Å². The molecular formula is C13H12ClN3O2. The Labute approximate surface area is 115 Å². The van der Waals surface area contributed by atoms with E-state index in [2.05, 4.69) is 15.0 Å². The molecule has 6 heteroatoms. The number of hydrogen-bond acceptors (Lipinski definition) is 5. The highest BCUT2D eigenvalue weighted by Gasteiger charge is 2.09. The van der Waals surface area contributed by atoms with Crippen LogP contribution in [-0.4, -0.2) is 22.1 Å². The zero-order valence-corrected chi connectivity index (χ0v) is 11.3. The van der Waals surface area contributed by atoms with Crippen molar-refractivity contribution in [2.24, 2.45) is 0 Å². The minimum absolute atomic E-state index is 0.0189. The number of para-hydroxylation sites is 1. The van der Waals surface area contributed by atoms with E-state index in [9.17, 15) is 0 Å². The Morgan fingerprint density at radius 2 is 1.84 bits per heavy atom. The molecule has 0 bridgehead atoms. The summed E-state index contributed by atoms with van der Waals surface area (Å²) in [6.07, 6.45) is 3.85. The molecule has 0 aliphatic rings. The molecule has 2 aromatic rings. The lowest BCUT2D eigenvalue weighted by Gasteiger charge is -2.07. The van der Waals surface area contributed by atoms with Crippen molar-refractivity contribution >= 4 is 17.7 Å². The summed E-state index contributed by atoms with van der Waals surface area (Å²) >= 11 is 5.76. The van der Waals surface area contributed by atoms with E-state index in [-0.39, 0.29) is 17.3 Å². The van der Waals surface area contributed by atoms with Gasteiger partial charge in [-0.25, -0.2) is 0 Å². The number of benzene rings is 1. The van der Waals surface area contributed by atoms with Gasteiger partial charge in [-0.2, -0.15) is 9.97 Å². The van der Waals surface area contributed by atoms with Gasteiger partial charge in [0.2, 0.25) is 5.28 Å². The Morgan fingerprint density at radius 1 is 1.11 bits per heavy atom. The molecule has 0 spiro atoms. The summed E-state index contributed by atoms with van der Waals surface area (Å²) in [4.78, 5) is 11.6. The van der Waals surface area contributed by atoms with Gasteiger partial charge in [0.1, 0.15) is 5.75 Å². The summed E-state index contributed by atoms with van der Waals surface area (Å²) < 4.78 is 10.5. The molecule has 0 aliphatic heterocycles. The zero-order valence-electron chi connectivity index (χ0n) is 10.5. The number of nitrogens with zero attached hydrogens (tertiary/aromatic N) is 3. The summed E-state index contributed by atoms with van der Waals surface area (Å²) in [6.45, 7) is 1.93. The Balaban J connectivity index is 2.33. The second-order valence-electron chi connectivity index (χ2n) is 3.51. The summed E-state index contributed by atoms with van der Waals surface area (Å²) in [6, 6.07) is 7.73. The van der Waals surface area contributed by atoms with E-state index < -0.39 is 0 Å². The Hall–Kier alpha value is -2.14. The van der Waals surface area contributed by atoms with Crippen LogP contribution in [0.4, 0.5) is 0 Å². The van der Waals surface area contributed by atoms with Crippen molar-refractivity contribution in [3.05, 3.63) is 41.2 Å². The van der Waals surface area contributed by atoms with Crippen molar-refractivity contribution in [1.82, 2.24) is 15.0 Å². The second-order valence-corrected chi connectivity index (χ2v) is 3.85. The maximum absolute atomic E-state index is 5.76. The lowest BCUT2D eigenvalue weighted by molar-refractivity contribution is 0.359. The Bertz CT molecular complexity index is 602. The fourth-order valence-electron chi connectivity index (χ4n) is 1.44. The van der Waals surface area contributed by atoms with Crippen molar-refractivity contribution in [3.63, 3.8) is 0 Å². The minimum Gasteiger partial charge on any atom is -0.467 e. The van der Waals surface area contributed by atoms with Gasteiger partial charge in [-0.15, -0.1) is 4.98 Å². The van der Waals surface area contributed by atoms with Gasteiger partial charge in [0.05, 0.1) is 7.11 Å². The summed E-state index contributed by atoms with van der Waals surface area (Å²) in [5, 5.41) is 0.0189. The van der Waals surface area contributed by atoms with Crippen molar-refractivity contribution in [2.45, 2.75) is 6.92 Å². The van der Waals surface area contributed by atoms with Crippen LogP contribution in [0.3, 0.4) is 0 Å². The first-order chi connectivity index (χ1) is 9.22. The highest BCUT2D eigenvalue weighted by atomic mass is 35.5. The van der Waals surface area contributed by atoms with Crippen LogP contribution >= 0.6 is 11.6 Å². The van der Waals surface area contributed by atoms with E-state index in [0.29, 0.717) is 5.75 Å². The quantitative estimate of drug-likeness (QED) is 0.858. The van der Waals surface area contributed by atoms with E-state index >= 15 is 0 Å². The van der Waals surface area contributed by atoms with E-state index in [1.807, 2.05) is 43.3 Å². The minimum atomic E-state index is 0.0189. The number of allylic oxidation sites excluding steroid dienone is 1. The molecule has 0 fully saturated rings. The molecule has 0 radical (unpaired) electrons. The predicted molar refractivity (Wildman–Crippen MR) is 72.6 cm³/mol. The fraction of sp³-hybridized carbons (Fsp3) is 0.154. The first kappa shape index (κ1) is 13.3. The van der Waals surface area contributed by atoms with Gasteiger partial charge >= 0.3 is 12.0 Å². The average Bonchev–Trinajstić information content (AvgIpc) is 2.40. The first-order valence-electron chi connectivity index (χ1n) is 5.58. The topological polar surface area (TPSA) is 57.1 Å². The number of rotatable bonds is 4. The number of halogens is 1. The number of hydrogen-bond donors (Lipinski definition) is 0. The molecule has 2 rings (SSSR count). The summed E-state index contributed by atoms with van der Waals surface area (Å²) in [7, 11) is 1.45. The van der Waals surface area contributed by atoms with Crippen LogP contribution < -0.4 is 9.47 Å². The zero-order chi connectivity index (χ0) is 13.7. The van der Waals surface area contributed by atoms with Crippen molar-refractivity contribution in [3.8, 4) is 17.8 Å². The lowest BCUT2D eigenvalue weighted by Crippen LogP contribution is -1.99. The van der Waals surface area contributed by atoms with E-state index in [1.165, 1.54) is 7.11 Å². The van der Waals surface area contributed by atoms with Gasteiger partial charge in [0, 0.05) is 5.56 Å². The third-order valence-electron chi connectivity index (χ3n) is 2.22. The molecule has 5 nitrogen and oxygen atoms in total. The highest BCUT2D eigenvalue weighted by Crippen LogP contribution is 2.25. The van der Waals surface area contributed by atoms with Crippen LogP contribution in [0.5, 0.6) is 17.8 Å². The molecule has 0 aliphatic carbocycles. The predicted octanol–water partition coefficient (Wildman–Crippen LogP) is 3.36. The number of aromatic nitrogens is 3. The van der Waals surface area contributed by atoms with Gasteiger partial charge in [-0.3, -0.25) is 0 Å². The molecule has 0 saturated heterocycles. The van der Waals surface area contributed by atoms with Gasteiger partial charge in [0.25, 0.3) is 0 Å². The van der Waals surface area contributed by atoms with Crippen molar-refractivity contribution in [2.75, 3.05) is 7.11 Å². The van der Waals surface area contributed by atoms with Crippen LogP contribution in [0.2, 0.25) is 5.28 Å². The Morgan fingerprint density at radius 3 is 2.58 bits per heavy atom. The van der Waals surface area contributed by atoms with Gasteiger partial charge < -0.3 is 9.47 Å². The standard InChI is InChI=1S/C13H12ClN3O2/c1-3-6-9-7-4-5-8-10(9)19-13-16-11(14)15-12(17-13)18-2/h3-8H,1-2H3. The fourth-order valence-corrected chi connectivity index (χ4v) is 1.59. The molecule has 1 aromatic carbocycles. The van der Waals surface area contributed by atoms with Crippen LogP contribution in [0.25, 0.3) is 6.08 Å². The second kappa shape index (κ2) is 6.15. The molecule has 0 N–H and O–H groups in total. The van der Waals surface area contributed by atoms with Crippen LogP contribution in [0, 0.1) is 0 Å². The maximum Gasteiger partial charge on any atom is 0.329 e. The summed E-state index contributed by atoms with van der Waals surface area (Å²) in [5.41, 5.74) is 0.917. The first-order valence-corrected chi connectivity index (χ1v) is 5.96. The number of ether oxygens (including phenoxy) is 2. The molecule has 1 heterocycles. The number of methoxy groups -OCH3 is 1. The van der Waals surface area contributed by atoms with E-state index in [0.717, 1.165) is 5.56 Å². The van der Waals surface area contributed by atoms with Gasteiger partial charge in [-0.05, 0) is 24.6 Å². The highest BCUT2D eigenvalue weighted by molar-refractivity contribution is 6.28. The Kier molecular flexibility index (Phi) is 4.30. The molecule has 1 aromatic heterocycles. The van der Waals surface area contributed by atoms with Crippen molar-refractivity contribution < 1.29 is 9.47 Å². The smallest absolute Gasteiger partial charge is 0.329 e. The van der Waals surface area contributed by atoms with Crippen molar-refractivity contribution in [1.29, 1.82) is 0 Å². The molecule has 98 valence electrons. The maximum atomic E-state index is 5.76. The SMILES string of the molecule is CC=Cc1ccccc1Oc1nc(Cl)nc(OC)n1. The van der Waals surface area contributed by atoms with Crippen LogP contribution in [0.1, 0.15) is 12.5 Å². The lowest BCUT2D eigenvalue weighted by atomic mass is 10.2.